The zero-order valence-corrected chi connectivity index (χ0v) is 19.7. The van der Waals surface area contributed by atoms with Crippen LogP contribution in [0, 0.1) is 5.92 Å². The van der Waals surface area contributed by atoms with Crippen LogP contribution in [0.4, 0.5) is 4.79 Å². The molecule has 0 saturated carbocycles. The quantitative estimate of drug-likeness (QED) is 0.643. The minimum Gasteiger partial charge on any atom is -0.444 e. The van der Waals surface area contributed by atoms with Gasteiger partial charge in [-0.25, -0.2) is 9.78 Å². The first-order chi connectivity index (χ1) is 13.5. The van der Waals surface area contributed by atoms with Crippen LogP contribution in [0.2, 0.25) is 0 Å². The highest BCUT2D eigenvalue weighted by Gasteiger charge is 2.34. The van der Waals surface area contributed by atoms with Gasteiger partial charge in [0, 0.05) is 19.0 Å². The molecule has 1 aliphatic rings. The highest BCUT2D eigenvalue weighted by Crippen LogP contribution is 2.37. The van der Waals surface area contributed by atoms with E-state index in [1.807, 2.05) is 25.7 Å². The summed E-state index contributed by atoms with van der Waals surface area (Å²) in [6.07, 6.45) is 1.86. The Hall–Kier alpha value is -1.66. The van der Waals surface area contributed by atoms with Crippen LogP contribution in [0.15, 0.2) is 18.2 Å². The topological polar surface area (TPSA) is 45.7 Å². The van der Waals surface area contributed by atoms with Crippen molar-refractivity contribution in [3.63, 3.8) is 0 Å². The van der Waals surface area contributed by atoms with Gasteiger partial charge in [-0.3, -0.25) is 0 Å². The van der Waals surface area contributed by atoms with Gasteiger partial charge in [0.15, 0.2) is 0 Å². The number of hydrogen-bond donors (Lipinski definition) is 0. The molecule has 160 valence electrons. The molecule has 5 nitrogen and oxygen atoms in total. The molecule has 0 unspecified atom stereocenters. The molecular weight excluding hydrogens is 382 g/mol. The highest BCUT2D eigenvalue weighted by atomic mass is 32.1. The van der Waals surface area contributed by atoms with E-state index >= 15 is 0 Å². The third-order valence-electron chi connectivity index (χ3n) is 5.32. The number of ether oxygens (including phenoxy) is 1. The summed E-state index contributed by atoms with van der Waals surface area (Å²) < 4.78 is 6.92. The number of likely N-dealkylation sites (tertiary alicyclic amines) is 1. The Kier molecular flexibility index (Phi) is 6.54. The number of amides is 1. The SMILES string of the molecule is C[C@H]1CC[C@H](c2ccc3sc([C@@H](C)CN(C)C)nc3c2)N(C(=O)OC(C)(C)C)C1. The fraction of sp³-hybridized carbons (Fsp3) is 0.652. The summed E-state index contributed by atoms with van der Waals surface area (Å²) in [6, 6.07) is 6.56. The van der Waals surface area contributed by atoms with Crippen LogP contribution >= 0.6 is 11.3 Å². The lowest BCUT2D eigenvalue weighted by Gasteiger charge is -2.39. The summed E-state index contributed by atoms with van der Waals surface area (Å²) in [5.74, 6) is 0.889. The second kappa shape index (κ2) is 8.60. The summed E-state index contributed by atoms with van der Waals surface area (Å²) in [5, 5.41) is 1.17. The van der Waals surface area contributed by atoms with Crippen LogP contribution in [0.1, 0.15) is 70.0 Å². The van der Waals surface area contributed by atoms with Gasteiger partial charge in [0.05, 0.1) is 21.3 Å². The van der Waals surface area contributed by atoms with Gasteiger partial charge in [0.25, 0.3) is 0 Å². The number of carbonyl (C=O) groups excluding carboxylic acids is 1. The lowest BCUT2D eigenvalue weighted by molar-refractivity contribution is 0.00365. The largest absolute Gasteiger partial charge is 0.444 e. The smallest absolute Gasteiger partial charge is 0.410 e. The zero-order valence-electron chi connectivity index (χ0n) is 18.9. The molecule has 0 spiro atoms. The average molecular weight is 418 g/mol. The standard InChI is InChI=1S/C23H35N3O2S/c1-15-8-10-19(26(13-15)22(27)28-23(3,4)5)17-9-11-20-18(12-17)24-21(29-20)16(2)14-25(6)7/h9,11-12,15-16,19H,8,10,13-14H2,1-7H3/t15-,16-,19+/m0/s1. The van der Waals surface area contributed by atoms with Gasteiger partial charge in [-0.05, 0) is 71.3 Å². The van der Waals surface area contributed by atoms with Gasteiger partial charge in [-0.2, -0.15) is 0 Å². The van der Waals surface area contributed by atoms with Crippen LogP contribution in [0.5, 0.6) is 0 Å². The minimum absolute atomic E-state index is 0.0507. The number of nitrogens with zero attached hydrogens (tertiary/aromatic N) is 3. The van der Waals surface area contributed by atoms with Crippen molar-refractivity contribution in [2.24, 2.45) is 5.92 Å². The van der Waals surface area contributed by atoms with Crippen LogP contribution in [-0.4, -0.2) is 53.7 Å². The maximum atomic E-state index is 12.9. The highest BCUT2D eigenvalue weighted by molar-refractivity contribution is 7.18. The second-order valence-electron chi connectivity index (χ2n) is 9.77. The summed E-state index contributed by atoms with van der Waals surface area (Å²) in [6.45, 7) is 11.9. The Labute approximate surface area is 179 Å². The van der Waals surface area contributed by atoms with Crippen molar-refractivity contribution in [1.29, 1.82) is 0 Å². The molecule has 1 aliphatic heterocycles. The normalized spacial score (nSPS) is 21.6. The van der Waals surface area contributed by atoms with Crippen molar-refractivity contribution in [1.82, 2.24) is 14.8 Å². The Balaban J connectivity index is 1.87. The Morgan fingerprint density at radius 1 is 1.34 bits per heavy atom. The second-order valence-corrected chi connectivity index (χ2v) is 10.8. The molecule has 0 aliphatic carbocycles. The van der Waals surface area contributed by atoms with E-state index in [0.29, 0.717) is 11.8 Å². The van der Waals surface area contributed by atoms with Crippen molar-refractivity contribution < 1.29 is 9.53 Å². The molecule has 6 heteroatoms. The fourth-order valence-corrected chi connectivity index (χ4v) is 5.02. The van der Waals surface area contributed by atoms with E-state index in [2.05, 4.69) is 51.0 Å². The number of carbonyl (C=O) groups is 1. The molecule has 3 atom stereocenters. The first-order valence-corrected chi connectivity index (χ1v) is 11.4. The molecule has 2 heterocycles. The first-order valence-electron chi connectivity index (χ1n) is 10.6. The molecule has 2 aromatic rings. The van der Waals surface area contributed by atoms with E-state index in [9.17, 15) is 4.79 Å². The van der Waals surface area contributed by atoms with Gasteiger partial charge in [-0.15, -0.1) is 11.3 Å². The van der Waals surface area contributed by atoms with E-state index in [1.165, 1.54) is 9.71 Å². The lowest BCUT2D eigenvalue weighted by Crippen LogP contribution is -2.44. The number of benzene rings is 1. The summed E-state index contributed by atoms with van der Waals surface area (Å²) in [4.78, 5) is 21.9. The molecule has 1 saturated heterocycles. The molecule has 0 bridgehead atoms. The monoisotopic (exact) mass is 417 g/mol. The predicted molar refractivity (Wildman–Crippen MR) is 121 cm³/mol. The Morgan fingerprint density at radius 3 is 2.72 bits per heavy atom. The fourth-order valence-electron chi connectivity index (χ4n) is 4.03. The van der Waals surface area contributed by atoms with E-state index in [0.717, 1.165) is 37.0 Å². The van der Waals surface area contributed by atoms with Crippen molar-refractivity contribution in [2.45, 2.75) is 65.0 Å². The number of fused-ring (bicyclic) bond motifs is 1. The minimum atomic E-state index is -0.487. The molecule has 0 N–H and O–H groups in total. The first kappa shape index (κ1) is 22.0. The third-order valence-corrected chi connectivity index (χ3v) is 6.59. The average Bonchev–Trinajstić information content (AvgIpc) is 3.03. The van der Waals surface area contributed by atoms with Crippen LogP contribution in [0.25, 0.3) is 10.2 Å². The number of likely N-dealkylation sites (N-methyl/N-ethyl adjacent to an activating group) is 1. The van der Waals surface area contributed by atoms with Gasteiger partial charge in [0.2, 0.25) is 0 Å². The van der Waals surface area contributed by atoms with Crippen molar-refractivity contribution in [2.75, 3.05) is 27.2 Å². The van der Waals surface area contributed by atoms with Gasteiger partial charge in [0.1, 0.15) is 5.60 Å². The van der Waals surface area contributed by atoms with Crippen LogP contribution < -0.4 is 0 Å². The molecule has 1 fully saturated rings. The maximum Gasteiger partial charge on any atom is 0.410 e. The van der Waals surface area contributed by atoms with Gasteiger partial charge in [-0.1, -0.05) is 19.9 Å². The zero-order chi connectivity index (χ0) is 21.3. The van der Waals surface area contributed by atoms with E-state index in [1.54, 1.807) is 11.3 Å². The van der Waals surface area contributed by atoms with Gasteiger partial charge >= 0.3 is 6.09 Å². The molecule has 0 radical (unpaired) electrons. The van der Waals surface area contributed by atoms with Crippen molar-refractivity contribution >= 4 is 27.6 Å². The van der Waals surface area contributed by atoms with E-state index in [-0.39, 0.29) is 12.1 Å². The van der Waals surface area contributed by atoms with Crippen molar-refractivity contribution in [3.05, 3.63) is 28.8 Å². The summed E-state index contributed by atoms with van der Waals surface area (Å²) in [5.41, 5.74) is 1.71. The summed E-state index contributed by atoms with van der Waals surface area (Å²) in [7, 11) is 4.19. The molecule has 3 rings (SSSR count). The third kappa shape index (κ3) is 5.48. The Morgan fingerprint density at radius 2 is 2.07 bits per heavy atom. The Bertz CT molecular complexity index is 855. The number of thiazole rings is 1. The van der Waals surface area contributed by atoms with Crippen LogP contribution in [-0.2, 0) is 4.74 Å². The lowest BCUT2D eigenvalue weighted by atomic mass is 9.90. The maximum absolute atomic E-state index is 12.9. The number of rotatable bonds is 4. The molecule has 1 aromatic heterocycles. The van der Waals surface area contributed by atoms with E-state index in [4.69, 9.17) is 9.72 Å². The molecular formula is C23H35N3O2S. The number of hydrogen-bond acceptors (Lipinski definition) is 5. The predicted octanol–water partition coefficient (Wildman–Crippen LogP) is 5.67. The van der Waals surface area contributed by atoms with Crippen molar-refractivity contribution in [3.8, 4) is 0 Å². The number of piperidine rings is 1. The molecule has 1 amide bonds. The van der Waals surface area contributed by atoms with Crippen LogP contribution in [0.3, 0.4) is 0 Å². The number of aromatic nitrogens is 1. The molecule has 29 heavy (non-hydrogen) atoms. The van der Waals surface area contributed by atoms with E-state index < -0.39 is 5.60 Å². The molecule has 1 aromatic carbocycles. The summed E-state index contributed by atoms with van der Waals surface area (Å²) >= 11 is 1.78. The van der Waals surface area contributed by atoms with Gasteiger partial charge < -0.3 is 14.5 Å².